The highest BCUT2D eigenvalue weighted by Crippen LogP contribution is 2.27. The minimum atomic E-state index is 0.516. The molecule has 0 heterocycles. The van der Waals surface area contributed by atoms with Crippen LogP contribution in [0.2, 0.25) is 5.02 Å². The molecule has 56 valence electrons. The zero-order valence-electron chi connectivity index (χ0n) is 5.41. The molecule has 0 aliphatic rings. The Balaban J connectivity index is 3.05. The highest BCUT2D eigenvalue weighted by Gasteiger charge is 2.14. The number of nitrogens with zero attached hydrogens (tertiary/aromatic N) is 3. The molecule has 1 aromatic rings. The molecule has 0 radical (unpaired) electrons. The molecule has 0 N–H and O–H groups in total. The Labute approximate surface area is 77.5 Å². The molecule has 1 rings (SSSR count). The van der Waals surface area contributed by atoms with E-state index >= 15 is 0 Å². The van der Waals surface area contributed by atoms with Crippen molar-refractivity contribution >= 4 is 33.4 Å². The van der Waals surface area contributed by atoms with E-state index in [0.29, 0.717) is 10.7 Å². The lowest BCUT2D eigenvalue weighted by Crippen LogP contribution is -1.95. The quantitative estimate of drug-likeness (QED) is 0.424. The number of rotatable bonds is 1. The van der Waals surface area contributed by atoms with Gasteiger partial charge in [-0.25, -0.2) is 0 Å². The van der Waals surface area contributed by atoms with E-state index in [9.17, 15) is 0 Å². The molecule has 0 atom stereocenters. The summed E-state index contributed by atoms with van der Waals surface area (Å²) < 4.78 is 1.11. The van der Waals surface area contributed by atoms with Crippen LogP contribution in [0.1, 0.15) is 0 Å². The molecule has 1 aromatic carbocycles. The summed E-state index contributed by atoms with van der Waals surface area (Å²) in [6, 6.07) is 7.01. The van der Waals surface area contributed by atoms with Gasteiger partial charge in [-0.15, -0.1) is 0 Å². The highest BCUT2D eigenvalue weighted by atomic mass is 79.9. The Hall–Kier alpha value is -0.790. The lowest BCUT2D eigenvalue weighted by atomic mass is 10.3. The highest BCUT2D eigenvalue weighted by molar-refractivity contribution is 9.10. The summed E-state index contributed by atoms with van der Waals surface area (Å²) in [7, 11) is 0. The van der Waals surface area contributed by atoms with E-state index in [4.69, 9.17) is 17.0 Å². The van der Waals surface area contributed by atoms with E-state index in [-0.39, 0.29) is 0 Å². The lowest BCUT2D eigenvalue weighted by Gasteiger charge is -1.96. The van der Waals surface area contributed by atoms with Gasteiger partial charge in [0.25, 0.3) is 5.39 Å². The number of benzene rings is 1. The smallest absolute Gasteiger partial charge is 0.0817 e. The van der Waals surface area contributed by atoms with E-state index < -0.39 is 0 Å². The zero-order chi connectivity index (χ0) is 8.27. The van der Waals surface area contributed by atoms with Crippen molar-refractivity contribution in [2.75, 3.05) is 4.03 Å². The van der Waals surface area contributed by atoms with Gasteiger partial charge in [0.05, 0.1) is 9.06 Å². The van der Waals surface area contributed by atoms with Crippen LogP contribution >= 0.6 is 27.7 Å². The monoisotopic (exact) mass is 232 g/mol. The average Bonchev–Trinajstić information content (AvgIpc) is 2.04. The Morgan fingerprint density at radius 2 is 2.09 bits per heavy atom. The van der Waals surface area contributed by atoms with E-state index in [2.05, 4.69) is 21.2 Å². The van der Waals surface area contributed by atoms with Gasteiger partial charge in [0.1, 0.15) is 16.1 Å². The second-order valence-electron chi connectivity index (χ2n) is 1.80. The van der Waals surface area contributed by atoms with Gasteiger partial charge < -0.3 is 0 Å². The lowest BCUT2D eigenvalue weighted by molar-refractivity contribution is 1.32. The van der Waals surface area contributed by atoms with Crippen molar-refractivity contribution in [1.29, 1.82) is 5.39 Å². The standard InChI is InChI=1S/C6H4BrClN3/c7-11(10-9)6-4-2-1-3-5(6)8/h1-4H/q+1. The molecule has 11 heavy (non-hydrogen) atoms. The van der Waals surface area contributed by atoms with Crippen molar-refractivity contribution in [3.05, 3.63) is 34.4 Å². The normalized spacial score (nSPS) is 8.82. The number of hydrogen-bond donors (Lipinski definition) is 0. The molecule has 0 saturated carbocycles. The Kier molecular flexibility index (Phi) is 2.69. The molecule has 0 saturated heterocycles. The van der Waals surface area contributed by atoms with Crippen molar-refractivity contribution in [1.82, 2.24) is 0 Å². The largest absolute Gasteiger partial charge is 0.322 e. The average molecular weight is 233 g/mol. The molecule has 0 spiro atoms. The molecule has 3 nitrogen and oxygen atoms in total. The molecule has 0 aromatic heterocycles. The summed E-state index contributed by atoms with van der Waals surface area (Å²) >= 11 is 8.72. The van der Waals surface area contributed by atoms with Crippen LogP contribution in [-0.4, -0.2) is 0 Å². The first-order valence-corrected chi connectivity index (χ1v) is 3.90. The third kappa shape index (κ3) is 1.82. The van der Waals surface area contributed by atoms with Crippen LogP contribution in [-0.2, 0) is 0 Å². The van der Waals surface area contributed by atoms with Crippen molar-refractivity contribution in [3.63, 3.8) is 0 Å². The third-order valence-electron chi connectivity index (χ3n) is 1.13. The van der Waals surface area contributed by atoms with Crippen molar-refractivity contribution in [2.45, 2.75) is 0 Å². The van der Waals surface area contributed by atoms with Crippen LogP contribution in [0, 0.1) is 5.39 Å². The number of halogens is 2. The van der Waals surface area contributed by atoms with Gasteiger partial charge in [-0.2, -0.15) is 0 Å². The Bertz CT molecular complexity index is 296. The topological polar surface area (TPSA) is 31.4 Å². The zero-order valence-corrected chi connectivity index (χ0v) is 7.75. The summed E-state index contributed by atoms with van der Waals surface area (Å²) in [5.74, 6) is 0. The Morgan fingerprint density at radius 1 is 1.45 bits per heavy atom. The number of anilines is 1. The number of diazo groups is 1. The van der Waals surface area contributed by atoms with E-state index in [1.54, 1.807) is 24.3 Å². The summed E-state index contributed by atoms with van der Waals surface area (Å²) in [6.07, 6.45) is 0. The SMILES string of the molecule is N#[N+]N(Br)c1ccccc1Cl. The first-order valence-electron chi connectivity index (χ1n) is 2.81. The number of hydrogen-bond acceptors (Lipinski definition) is 2. The van der Waals surface area contributed by atoms with Crippen LogP contribution in [0.25, 0.3) is 5.08 Å². The Morgan fingerprint density at radius 3 is 2.64 bits per heavy atom. The fraction of sp³-hybridized carbons (Fsp3) is 0. The summed E-state index contributed by atoms with van der Waals surface area (Å²) in [6.45, 7) is 0. The van der Waals surface area contributed by atoms with Crippen molar-refractivity contribution < 1.29 is 0 Å². The maximum atomic E-state index is 8.36. The predicted octanol–water partition coefficient (Wildman–Crippen LogP) is 3.22. The molecular formula is C6H4BrClN3+. The summed E-state index contributed by atoms with van der Waals surface area (Å²) in [5.41, 5.74) is 0.594. The van der Waals surface area contributed by atoms with Crippen LogP contribution in [0.4, 0.5) is 5.69 Å². The van der Waals surface area contributed by atoms with Gasteiger partial charge in [-0.05, 0) is 12.1 Å². The summed E-state index contributed by atoms with van der Waals surface area (Å²) in [5, 5.41) is 11.8. The predicted molar refractivity (Wildman–Crippen MR) is 47.9 cm³/mol. The van der Waals surface area contributed by atoms with Crippen LogP contribution in [0.3, 0.4) is 0 Å². The van der Waals surface area contributed by atoms with Gasteiger partial charge in [0.15, 0.2) is 5.69 Å². The maximum Gasteiger partial charge on any atom is 0.322 e. The second kappa shape index (κ2) is 3.56. The van der Waals surface area contributed by atoms with Gasteiger partial charge in [-0.3, -0.25) is 0 Å². The minimum Gasteiger partial charge on any atom is -0.0817 e. The van der Waals surface area contributed by atoms with Gasteiger partial charge in [-0.1, -0.05) is 23.7 Å². The molecule has 0 aliphatic heterocycles. The molecule has 0 aliphatic carbocycles. The molecule has 0 amide bonds. The first-order chi connectivity index (χ1) is 5.25. The molecular weight excluding hydrogens is 229 g/mol. The minimum absolute atomic E-state index is 0.516. The maximum absolute atomic E-state index is 8.36. The second-order valence-corrected chi connectivity index (χ2v) is 2.88. The van der Waals surface area contributed by atoms with Crippen LogP contribution in [0.5, 0.6) is 0 Å². The molecule has 5 heteroatoms. The molecule has 0 fully saturated rings. The fourth-order valence-corrected chi connectivity index (χ4v) is 1.28. The fourth-order valence-electron chi connectivity index (χ4n) is 0.650. The first kappa shape index (κ1) is 8.31. The molecule has 0 unspecified atom stereocenters. The van der Waals surface area contributed by atoms with E-state index in [1.807, 2.05) is 0 Å². The van der Waals surface area contributed by atoms with E-state index in [1.165, 1.54) is 0 Å². The van der Waals surface area contributed by atoms with Crippen LogP contribution < -0.4 is 4.03 Å². The van der Waals surface area contributed by atoms with Gasteiger partial charge >= 0.3 is 5.08 Å². The van der Waals surface area contributed by atoms with E-state index in [0.717, 1.165) is 4.03 Å². The third-order valence-corrected chi connectivity index (χ3v) is 1.97. The van der Waals surface area contributed by atoms with Gasteiger partial charge in [0.2, 0.25) is 0 Å². The molecule has 0 bridgehead atoms. The van der Waals surface area contributed by atoms with Gasteiger partial charge in [0, 0.05) is 0 Å². The number of para-hydroxylation sites is 1. The van der Waals surface area contributed by atoms with Crippen LogP contribution in [0.15, 0.2) is 24.3 Å². The van der Waals surface area contributed by atoms with Crippen molar-refractivity contribution in [3.8, 4) is 0 Å². The summed E-state index contributed by atoms with van der Waals surface area (Å²) in [4.78, 5) is 0. The van der Waals surface area contributed by atoms with Crippen molar-refractivity contribution in [2.24, 2.45) is 0 Å².